The van der Waals surface area contributed by atoms with Gasteiger partial charge in [0, 0.05) is 37.6 Å². The number of alkyl carbamates (subject to hydrolysis) is 1. The van der Waals surface area contributed by atoms with E-state index < -0.39 is 5.60 Å². The van der Waals surface area contributed by atoms with E-state index in [0.29, 0.717) is 23.9 Å². The second-order valence-corrected chi connectivity index (χ2v) is 9.45. The summed E-state index contributed by atoms with van der Waals surface area (Å²) in [5.41, 5.74) is 8.13. The number of nitrogens with zero attached hydrogens (tertiary/aromatic N) is 5. The number of nitrogens with one attached hydrogen (secondary N) is 1. The van der Waals surface area contributed by atoms with Crippen LogP contribution in [0.15, 0.2) is 18.5 Å². The van der Waals surface area contributed by atoms with Crippen molar-refractivity contribution in [2.45, 2.75) is 51.7 Å². The maximum atomic E-state index is 12.0. The zero-order chi connectivity index (χ0) is 22.3. The molecular formula is C21H28ClN7O2. The van der Waals surface area contributed by atoms with Crippen LogP contribution in [0.4, 0.5) is 10.6 Å². The molecule has 10 heteroatoms. The van der Waals surface area contributed by atoms with E-state index in [1.807, 2.05) is 46.3 Å². The van der Waals surface area contributed by atoms with Gasteiger partial charge < -0.3 is 20.4 Å². The molecule has 1 saturated carbocycles. The first-order valence-electron chi connectivity index (χ1n) is 10.4. The van der Waals surface area contributed by atoms with Gasteiger partial charge in [0.25, 0.3) is 0 Å². The Morgan fingerprint density at radius 3 is 2.81 bits per heavy atom. The zero-order valence-corrected chi connectivity index (χ0v) is 19.0. The van der Waals surface area contributed by atoms with Gasteiger partial charge >= 0.3 is 6.09 Å². The van der Waals surface area contributed by atoms with E-state index in [2.05, 4.69) is 25.0 Å². The minimum atomic E-state index is -0.507. The molecule has 166 valence electrons. The van der Waals surface area contributed by atoms with Crippen molar-refractivity contribution < 1.29 is 9.53 Å². The van der Waals surface area contributed by atoms with Crippen LogP contribution in [0.25, 0.3) is 22.3 Å². The van der Waals surface area contributed by atoms with Crippen LogP contribution >= 0.6 is 11.6 Å². The second-order valence-electron chi connectivity index (χ2n) is 9.12. The standard InChI is InChI=1S/C21H28ClN7O2/c1-21(2,3)31-20(30)24-10-12-5-6-13(9-12)29-11-14(15-7-8-28(4)27-15)16-17(23)25-19(22)26-18(16)29/h7-8,11-13H,5-6,9-10H2,1-4H3,(H,24,30)(H2,23,25,26)/t12-,13+/m1/s1. The van der Waals surface area contributed by atoms with Gasteiger partial charge in [0.05, 0.1) is 11.1 Å². The van der Waals surface area contributed by atoms with Crippen LogP contribution in [0.5, 0.6) is 0 Å². The molecule has 0 aromatic carbocycles. The van der Waals surface area contributed by atoms with Crippen molar-refractivity contribution >= 4 is 34.5 Å². The fourth-order valence-corrected chi connectivity index (χ4v) is 4.38. The van der Waals surface area contributed by atoms with E-state index in [0.717, 1.165) is 35.9 Å². The molecule has 3 aromatic rings. The summed E-state index contributed by atoms with van der Waals surface area (Å²) in [6.07, 6.45) is 6.42. The Morgan fingerprint density at radius 2 is 2.13 bits per heavy atom. The first-order valence-corrected chi connectivity index (χ1v) is 10.8. The van der Waals surface area contributed by atoms with Gasteiger partial charge in [0.2, 0.25) is 5.28 Å². The number of carbonyl (C=O) groups excluding carboxylic acids is 1. The molecule has 3 aromatic heterocycles. The molecule has 0 radical (unpaired) electrons. The Balaban J connectivity index is 1.57. The van der Waals surface area contributed by atoms with E-state index in [1.54, 1.807) is 4.68 Å². The lowest BCUT2D eigenvalue weighted by molar-refractivity contribution is 0.0519. The number of nitrogen functional groups attached to an aromatic ring is 1. The monoisotopic (exact) mass is 445 g/mol. The highest BCUT2D eigenvalue weighted by molar-refractivity contribution is 6.29. The molecule has 0 unspecified atom stereocenters. The Morgan fingerprint density at radius 1 is 1.35 bits per heavy atom. The van der Waals surface area contributed by atoms with Crippen LogP contribution in [0, 0.1) is 5.92 Å². The maximum absolute atomic E-state index is 12.0. The van der Waals surface area contributed by atoms with Crippen LogP contribution in [0.1, 0.15) is 46.1 Å². The van der Waals surface area contributed by atoms with Crippen LogP contribution in [-0.2, 0) is 11.8 Å². The minimum absolute atomic E-state index is 0.123. The van der Waals surface area contributed by atoms with Gasteiger partial charge in [-0.3, -0.25) is 4.68 Å². The molecule has 3 heterocycles. The minimum Gasteiger partial charge on any atom is -0.444 e. The average Bonchev–Trinajstić information content (AvgIpc) is 3.36. The highest BCUT2D eigenvalue weighted by Gasteiger charge is 2.30. The summed E-state index contributed by atoms with van der Waals surface area (Å²) in [5, 5.41) is 8.30. The summed E-state index contributed by atoms with van der Waals surface area (Å²) in [5.74, 6) is 0.693. The van der Waals surface area contributed by atoms with Gasteiger partial charge in [-0.15, -0.1) is 0 Å². The summed E-state index contributed by atoms with van der Waals surface area (Å²) in [7, 11) is 1.87. The van der Waals surface area contributed by atoms with Crippen molar-refractivity contribution in [1.29, 1.82) is 0 Å². The summed E-state index contributed by atoms with van der Waals surface area (Å²) in [6, 6.07) is 2.16. The number of anilines is 1. The number of ether oxygens (including phenoxy) is 1. The molecule has 1 aliphatic carbocycles. The molecule has 4 rings (SSSR count). The molecule has 31 heavy (non-hydrogen) atoms. The fourth-order valence-electron chi connectivity index (χ4n) is 4.21. The highest BCUT2D eigenvalue weighted by Crippen LogP contribution is 2.40. The third-order valence-electron chi connectivity index (χ3n) is 5.50. The van der Waals surface area contributed by atoms with Crippen molar-refractivity contribution in [3.63, 3.8) is 0 Å². The summed E-state index contributed by atoms with van der Waals surface area (Å²) >= 11 is 6.13. The van der Waals surface area contributed by atoms with Crippen LogP contribution in [0.2, 0.25) is 5.28 Å². The molecule has 1 fully saturated rings. The third kappa shape index (κ3) is 4.61. The molecule has 1 amide bonds. The van der Waals surface area contributed by atoms with Crippen LogP contribution < -0.4 is 11.1 Å². The number of halogens is 1. The number of hydrogen-bond acceptors (Lipinski definition) is 6. The van der Waals surface area contributed by atoms with Crippen molar-refractivity contribution in [3.8, 4) is 11.3 Å². The summed E-state index contributed by atoms with van der Waals surface area (Å²) in [4.78, 5) is 20.6. The van der Waals surface area contributed by atoms with Gasteiger partial charge in [0.1, 0.15) is 17.1 Å². The molecule has 0 spiro atoms. The molecule has 1 aliphatic rings. The van der Waals surface area contributed by atoms with Crippen LogP contribution in [0.3, 0.4) is 0 Å². The lowest BCUT2D eigenvalue weighted by Crippen LogP contribution is -2.34. The Bertz CT molecular complexity index is 1120. The number of rotatable bonds is 4. The number of fused-ring (bicyclic) bond motifs is 1. The maximum Gasteiger partial charge on any atom is 0.407 e. The lowest BCUT2D eigenvalue weighted by Gasteiger charge is -2.20. The Kier molecular flexibility index (Phi) is 5.55. The van der Waals surface area contributed by atoms with Gasteiger partial charge in [-0.05, 0) is 63.6 Å². The molecular weight excluding hydrogens is 418 g/mol. The van der Waals surface area contributed by atoms with Gasteiger partial charge in [-0.25, -0.2) is 9.78 Å². The normalized spacial score (nSPS) is 19.1. The van der Waals surface area contributed by atoms with Crippen molar-refractivity contribution in [3.05, 3.63) is 23.7 Å². The fraction of sp³-hybridized carbons (Fsp3) is 0.524. The largest absolute Gasteiger partial charge is 0.444 e. The Hall–Kier alpha value is -2.81. The predicted octanol–water partition coefficient (Wildman–Crippen LogP) is 3.93. The SMILES string of the molecule is Cn1ccc(-c2cn([C@H]3CC[C@@H](CNC(=O)OC(C)(C)C)C3)c3nc(Cl)nc(N)c23)n1. The van der Waals surface area contributed by atoms with Crippen molar-refractivity contribution in [2.24, 2.45) is 13.0 Å². The first-order chi connectivity index (χ1) is 14.6. The van der Waals surface area contributed by atoms with Crippen molar-refractivity contribution in [2.75, 3.05) is 12.3 Å². The highest BCUT2D eigenvalue weighted by atomic mass is 35.5. The van der Waals surface area contributed by atoms with E-state index >= 15 is 0 Å². The quantitative estimate of drug-likeness (QED) is 0.588. The molecule has 2 atom stereocenters. The van der Waals surface area contributed by atoms with Gasteiger partial charge in [-0.2, -0.15) is 10.1 Å². The van der Waals surface area contributed by atoms with Gasteiger partial charge in [-0.1, -0.05) is 0 Å². The smallest absolute Gasteiger partial charge is 0.407 e. The van der Waals surface area contributed by atoms with E-state index in [-0.39, 0.29) is 17.4 Å². The third-order valence-corrected chi connectivity index (χ3v) is 5.67. The molecule has 0 bridgehead atoms. The number of hydrogen-bond donors (Lipinski definition) is 2. The van der Waals surface area contributed by atoms with E-state index in [9.17, 15) is 4.79 Å². The summed E-state index contributed by atoms with van der Waals surface area (Å²) < 4.78 is 9.22. The number of aryl methyl sites for hydroxylation is 1. The summed E-state index contributed by atoms with van der Waals surface area (Å²) in [6.45, 7) is 6.14. The number of nitrogens with two attached hydrogens (primary N) is 1. The topological polar surface area (TPSA) is 113 Å². The first kappa shape index (κ1) is 21.4. The van der Waals surface area contributed by atoms with Crippen LogP contribution in [-0.4, -0.2) is 42.6 Å². The zero-order valence-electron chi connectivity index (χ0n) is 18.2. The molecule has 3 N–H and O–H groups in total. The number of aromatic nitrogens is 5. The average molecular weight is 446 g/mol. The van der Waals surface area contributed by atoms with E-state index in [4.69, 9.17) is 22.1 Å². The lowest BCUT2D eigenvalue weighted by atomic mass is 10.1. The molecule has 9 nitrogen and oxygen atoms in total. The van der Waals surface area contributed by atoms with Gasteiger partial charge in [0.15, 0.2) is 0 Å². The van der Waals surface area contributed by atoms with Crippen molar-refractivity contribution in [1.82, 2.24) is 29.6 Å². The molecule has 0 aliphatic heterocycles. The second kappa shape index (κ2) is 8.03. The number of carbonyl (C=O) groups is 1. The Labute approximate surface area is 185 Å². The van der Waals surface area contributed by atoms with E-state index in [1.165, 1.54) is 0 Å². The number of amides is 1. The predicted molar refractivity (Wildman–Crippen MR) is 120 cm³/mol. The molecule has 0 saturated heterocycles.